The number of likely N-dealkylation sites (tertiary alicyclic amines) is 1. The highest BCUT2D eigenvalue weighted by Crippen LogP contribution is 2.30. The second-order valence-electron chi connectivity index (χ2n) is 5.68. The van der Waals surface area contributed by atoms with Gasteiger partial charge in [-0.05, 0) is 39.2 Å². The standard InChI is InChI=1S/C13H26N2O/c1-12-5-2-3-7-15(12)10-13(9-14)6-4-8-16-11-13/h12H,2-11,14H2,1H3. The molecule has 0 aromatic heterocycles. The summed E-state index contributed by atoms with van der Waals surface area (Å²) in [5.74, 6) is 0. The Morgan fingerprint density at radius 1 is 1.38 bits per heavy atom. The van der Waals surface area contributed by atoms with E-state index in [1.54, 1.807) is 0 Å². The third-order valence-electron chi connectivity index (χ3n) is 4.32. The maximum absolute atomic E-state index is 5.99. The predicted molar refractivity (Wildman–Crippen MR) is 66.4 cm³/mol. The van der Waals surface area contributed by atoms with Crippen molar-refractivity contribution in [2.75, 3.05) is 32.8 Å². The summed E-state index contributed by atoms with van der Waals surface area (Å²) >= 11 is 0. The van der Waals surface area contributed by atoms with E-state index in [0.717, 1.165) is 32.3 Å². The molecule has 2 unspecified atom stereocenters. The van der Waals surface area contributed by atoms with E-state index in [0.29, 0.717) is 0 Å². The first kappa shape index (κ1) is 12.3. The van der Waals surface area contributed by atoms with E-state index >= 15 is 0 Å². The van der Waals surface area contributed by atoms with Gasteiger partial charge in [0.05, 0.1) is 6.61 Å². The van der Waals surface area contributed by atoms with Crippen molar-refractivity contribution in [3.8, 4) is 0 Å². The van der Waals surface area contributed by atoms with E-state index in [2.05, 4.69) is 11.8 Å². The molecular weight excluding hydrogens is 200 g/mol. The summed E-state index contributed by atoms with van der Waals surface area (Å²) < 4.78 is 5.65. The van der Waals surface area contributed by atoms with Crippen LogP contribution in [0.2, 0.25) is 0 Å². The number of hydrogen-bond acceptors (Lipinski definition) is 3. The Morgan fingerprint density at radius 2 is 2.25 bits per heavy atom. The lowest BCUT2D eigenvalue weighted by molar-refractivity contribution is -0.0318. The summed E-state index contributed by atoms with van der Waals surface area (Å²) in [7, 11) is 0. The van der Waals surface area contributed by atoms with E-state index in [1.165, 1.54) is 38.6 Å². The van der Waals surface area contributed by atoms with Crippen molar-refractivity contribution in [2.45, 2.75) is 45.1 Å². The highest BCUT2D eigenvalue weighted by molar-refractivity contribution is 4.88. The SMILES string of the molecule is CC1CCCCN1CC1(CN)CCCOC1. The van der Waals surface area contributed by atoms with Gasteiger partial charge in [-0.3, -0.25) is 4.90 Å². The Hall–Kier alpha value is -0.120. The molecule has 2 aliphatic heterocycles. The molecule has 3 nitrogen and oxygen atoms in total. The lowest BCUT2D eigenvalue weighted by Gasteiger charge is -2.43. The van der Waals surface area contributed by atoms with Crippen molar-refractivity contribution in [3.63, 3.8) is 0 Å². The average molecular weight is 226 g/mol. The fourth-order valence-electron chi connectivity index (χ4n) is 3.08. The molecule has 2 rings (SSSR count). The molecule has 2 saturated heterocycles. The molecule has 0 aromatic carbocycles. The molecular formula is C13H26N2O. The molecule has 0 radical (unpaired) electrons. The highest BCUT2D eigenvalue weighted by Gasteiger charge is 2.35. The van der Waals surface area contributed by atoms with Gasteiger partial charge in [0.15, 0.2) is 0 Å². The first-order chi connectivity index (χ1) is 7.76. The van der Waals surface area contributed by atoms with E-state index in [1.807, 2.05) is 0 Å². The maximum atomic E-state index is 5.99. The van der Waals surface area contributed by atoms with Crippen LogP contribution in [0, 0.1) is 5.41 Å². The monoisotopic (exact) mass is 226 g/mol. The Balaban J connectivity index is 1.93. The maximum Gasteiger partial charge on any atom is 0.0546 e. The second-order valence-corrected chi connectivity index (χ2v) is 5.68. The molecule has 0 aliphatic carbocycles. The lowest BCUT2D eigenvalue weighted by atomic mass is 9.81. The Labute approximate surface area is 99.3 Å². The average Bonchev–Trinajstić information content (AvgIpc) is 2.33. The number of rotatable bonds is 3. The smallest absolute Gasteiger partial charge is 0.0546 e. The predicted octanol–water partition coefficient (Wildman–Crippen LogP) is 1.62. The number of ether oxygens (including phenoxy) is 1. The van der Waals surface area contributed by atoms with Crippen LogP contribution >= 0.6 is 0 Å². The molecule has 2 heterocycles. The number of hydrogen-bond donors (Lipinski definition) is 1. The summed E-state index contributed by atoms with van der Waals surface area (Å²) in [4.78, 5) is 2.63. The van der Waals surface area contributed by atoms with Crippen molar-refractivity contribution in [2.24, 2.45) is 11.1 Å². The zero-order valence-corrected chi connectivity index (χ0v) is 10.6. The van der Waals surface area contributed by atoms with E-state index in [-0.39, 0.29) is 5.41 Å². The summed E-state index contributed by atoms with van der Waals surface area (Å²) in [6.45, 7) is 7.32. The zero-order valence-electron chi connectivity index (χ0n) is 10.6. The molecule has 16 heavy (non-hydrogen) atoms. The van der Waals surface area contributed by atoms with Gasteiger partial charge in [0, 0.05) is 31.2 Å². The molecule has 0 amide bonds. The van der Waals surface area contributed by atoms with Crippen molar-refractivity contribution in [1.82, 2.24) is 4.90 Å². The lowest BCUT2D eigenvalue weighted by Crippen LogP contribution is -2.51. The van der Waals surface area contributed by atoms with Gasteiger partial charge in [0.2, 0.25) is 0 Å². The molecule has 0 aromatic rings. The summed E-state index contributed by atoms with van der Waals surface area (Å²) in [5, 5.41) is 0. The van der Waals surface area contributed by atoms with Gasteiger partial charge in [-0.25, -0.2) is 0 Å². The molecule has 2 N–H and O–H groups in total. The van der Waals surface area contributed by atoms with Crippen LogP contribution in [0.3, 0.4) is 0 Å². The van der Waals surface area contributed by atoms with Crippen LogP contribution in [0.1, 0.15) is 39.0 Å². The van der Waals surface area contributed by atoms with Crippen LogP contribution in [0.4, 0.5) is 0 Å². The normalized spacial score (nSPS) is 37.5. The topological polar surface area (TPSA) is 38.5 Å². The highest BCUT2D eigenvalue weighted by atomic mass is 16.5. The van der Waals surface area contributed by atoms with Crippen molar-refractivity contribution >= 4 is 0 Å². The molecule has 0 bridgehead atoms. The minimum atomic E-state index is 0.240. The van der Waals surface area contributed by atoms with Crippen LogP contribution in [-0.2, 0) is 4.74 Å². The van der Waals surface area contributed by atoms with Gasteiger partial charge < -0.3 is 10.5 Å². The van der Waals surface area contributed by atoms with Gasteiger partial charge in [-0.15, -0.1) is 0 Å². The third-order valence-corrected chi connectivity index (χ3v) is 4.32. The molecule has 94 valence electrons. The van der Waals surface area contributed by atoms with Crippen molar-refractivity contribution in [3.05, 3.63) is 0 Å². The van der Waals surface area contributed by atoms with E-state index in [4.69, 9.17) is 10.5 Å². The first-order valence-electron chi connectivity index (χ1n) is 6.78. The molecule has 0 spiro atoms. The minimum absolute atomic E-state index is 0.240. The Kier molecular flexibility index (Phi) is 4.22. The molecule has 2 aliphatic rings. The van der Waals surface area contributed by atoms with Crippen LogP contribution in [0.25, 0.3) is 0 Å². The van der Waals surface area contributed by atoms with Crippen LogP contribution in [-0.4, -0.2) is 43.8 Å². The van der Waals surface area contributed by atoms with Crippen LogP contribution in [0.5, 0.6) is 0 Å². The molecule has 3 heteroatoms. The van der Waals surface area contributed by atoms with E-state index in [9.17, 15) is 0 Å². The van der Waals surface area contributed by atoms with Crippen molar-refractivity contribution in [1.29, 1.82) is 0 Å². The van der Waals surface area contributed by atoms with Crippen molar-refractivity contribution < 1.29 is 4.74 Å². The minimum Gasteiger partial charge on any atom is -0.381 e. The fraction of sp³-hybridized carbons (Fsp3) is 1.00. The second kappa shape index (κ2) is 5.48. The van der Waals surface area contributed by atoms with Gasteiger partial charge in [-0.2, -0.15) is 0 Å². The number of nitrogens with two attached hydrogens (primary N) is 1. The van der Waals surface area contributed by atoms with Gasteiger partial charge >= 0.3 is 0 Å². The molecule has 0 saturated carbocycles. The molecule has 2 atom stereocenters. The van der Waals surface area contributed by atoms with Gasteiger partial charge in [0.1, 0.15) is 0 Å². The quantitative estimate of drug-likeness (QED) is 0.794. The Bertz CT molecular complexity index is 214. The molecule has 2 fully saturated rings. The zero-order chi connectivity index (χ0) is 11.4. The first-order valence-corrected chi connectivity index (χ1v) is 6.78. The largest absolute Gasteiger partial charge is 0.381 e. The van der Waals surface area contributed by atoms with Crippen LogP contribution < -0.4 is 5.73 Å². The van der Waals surface area contributed by atoms with E-state index < -0.39 is 0 Å². The summed E-state index contributed by atoms with van der Waals surface area (Å²) in [6, 6.07) is 0.735. The van der Waals surface area contributed by atoms with Gasteiger partial charge in [-0.1, -0.05) is 6.42 Å². The summed E-state index contributed by atoms with van der Waals surface area (Å²) in [5.41, 5.74) is 6.23. The van der Waals surface area contributed by atoms with Crippen LogP contribution in [0.15, 0.2) is 0 Å². The fourth-order valence-corrected chi connectivity index (χ4v) is 3.08. The van der Waals surface area contributed by atoms with Gasteiger partial charge in [0.25, 0.3) is 0 Å². The Morgan fingerprint density at radius 3 is 2.88 bits per heavy atom. The number of piperidine rings is 1. The summed E-state index contributed by atoms with van der Waals surface area (Å²) in [6.07, 6.45) is 6.52. The number of nitrogens with zero attached hydrogens (tertiary/aromatic N) is 1. The third kappa shape index (κ3) is 2.76.